The molecule has 1 saturated carbocycles. The molecule has 1 aromatic rings. The van der Waals surface area contributed by atoms with Crippen molar-refractivity contribution in [2.75, 3.05) is 5.75 Å². The zero-order chi connectivity index (χ0) is 21.3. The Labute approximate surface area is 181 Å². The van der Waals surface area contributed by atoms with Gasteiger partial charge in [-0.3, -0.25) is 4.79 Å². The standard InChI is InChI=1S/C22H29NO4S2/c1-3-4-5-6-12-22(2,27)13-7-8-16-9-10-19(24)17(16)11-14-28-21-23-18(15-29-21)20(25)26/h7-8,15-17,27H,3-5,9-11,13-14H2,1-2H3,(H,25,26). The van der Waals surface area contributed by atoms with Crippen LogP contribution in [0.5, 0.6) is 0 Å². The third kappa shape index (κ3) is 7.96. The number of aromatic nitrogens is 1. The molecule has 0 aliphatic heterocycles. The molecule has 2 rings (SSSR count). The summed E-state index contributed by atoms with van der Waals surface area (Å²) >= 11 is 2.82. The number of hydrogen-bond donors (Lipinski definition) is 2. The maximum absolute atomic E-state index is 12.3. The first-order valence-corrected chi connectivity index (χ1v) is 11.9. The molecule has 0 amide bonds. The highest BCUT2D eigenvalue weighted by molar-refractivity contribution is 8.01. The van der Waals surface area contributed by atoms with Crippen LogP contribution in [0.3, 0.4) is 0 Å². The van der Waals surface area contributed by atoms with Crippen molar-refractivity contribution in [3.63, 3.8) is 0 Å². The number of carbonyl (C=O) groups is 2. The van der Waals surface area contributed by atoms with Crippen LogP contribution in [0.1, 0.15) is 69.3 Å². The molecule has 1 heterocycles. The second-order valence-corrected chi connectivity index (χ2v) is 9.73. The summed E-state index contributed by atoms with van der Waals surface area (Å²) in [6, 6.07) is 0. The van der Waals surface area contributed by atoms with Gasteiger partial charge in [-0.15, -0.1) is 17.3 Å². The molecule has 3 atom stereocenters. The molecule has 0 bridgehead atoms. The second kappa shape index (κ2) is 11.5. The van der Waals surface area contributed by atoms with Gasteiger partial charge in [-0.05, 0) is 32.1 Å². The van der Waals surface area contributed by atoms with Crippen molar-refractivity contribution in [3.05, 3.63) is 23.2 Å². The van der Waals surface area contributed by atoms with Gasteiger partial charge < -0.3 is 10.2 Å². The van der Waals surface area contributed by atoms with Crippen LogP contribution in [0, 0.1) is 23.7 Å². The summed E-state index contributed by atoms with van der Waals surface area (Å²) in [6.07, 6.45) is 9.60. The third-order valence-corrected chi connectivity index (χ3v) is 6.98. The first kappa shape index (κ1) is 23.7. The van der Waals surface area contributed by atoms with Gasteiger partial charge in [-0.2, -0.15) is 0 Å². The smallest absolute Gasteiger partial charge is 0.355 e. The summed E-state index contributed by atoms with van der Waals surface area (Å²) in [5, 5.41) is 20.8. The molecule has 0 saturated heterocycles. The number of carboxylic acid groups (broad SMARTS) is 1. The lowest BCUT2D eigenvalue weighted by molar-refractivity contribution is -0.121. The van der Waals surface area contributed by atoms with Crippen LogP contribution in [0.2, 0.25) is 0 Å². The minimum absolute atomic E-state index is 0.0155. The first-order valence-electron chi connectivity index (χ1n) is 10.1. The Kier molecular flexibility index (Phi) is 9.41. The van der Waals surface area contributed by atoms with Gasteiger partial charge in [0.1, 0.15) is 11.4 Å². The molecule has 158 valence electrons. The highest BCUT2D eigenvalue weighted by Crippen LogP contribution is 2.35. The predicted molar refractivity (Wildman–Crippen MR) is 117 cm³/mol. The molecule has 29 heavy (non-hydrogen) atoms. The van der Waals surface area contributed by atoms with Crippen LogP contribution in [0.25, 0.3) is 0 Å². The van der Waals surface area contributed by atoms with Crippen LogP contribution in [0.15, 0.2) is 21.9 Å². The number of aliphatic hydroxyl groups is 1. The van der Waals surface area contributed by atoms with Crippen molar-refractivity contribution >= 4 is 34.9 Å². The number of allylic oxidation sites excluding steroid dienone is 1. The predicted octanol–water partition coefficient (Wildman–Crippen LogP) is 4.81. The maximum atomic E-state index is 12.3. The normalized spacial score (nSPS) is 21.1. The number of thiazole rings is 1. The molecule has 5 nitrogen and oxygen atoms in total. The number of nitrogens with zero attached hydrogens (tertiary/aromatic N) is 1. The fourth-order valence-corrected chi connectivity index (χ4v) is 5.17. The Morgan fingerprint density at radius 1 is 1.52 bits per heavy atom. The van der Waals surface area contributed by atoms with E-state index in [1.165, 1.54) is 28.5 Å². The van der Waals surface area contributed by atoms with Crippen molar-refractivity contribution in [1.82, 2.24) is 4.98 Å². The molecule has 1 aliphatic carbocycles. The van der Waals surface area contributed by atoms with Gasteiger partial charge in [0.25, 0.3) is 0 Å². The molecule has 0 radical (unpaired) electrons. The van der Waals surface area contributed by atoms with E-state index in [9.17, 15) is 14.7 Å². The van der Waals surface area contributed by atoms with Crippen LogP contribution in [-0.4, -0.2) is 38.3 Å². The molecule has 2 N–H and O–H groups in total. The average molecular weight is 436 g/mol. The first-order chi connectivity index (χ1) is 13.8. The lowest BCUT2D eigenvalue weighted by Gasteiger charge is -2.16. The van der Waals surface area contributed by atoms with Gasteiger partial charge in [-0.25, -0.2) is 9.78 Å². The van der Waals surface area contributed by atoms with E-state index in [0.717, 1.165) is 42.2 Å². The monoisotopic (exact) mass is 435 g/mol. The van der Waals surface area contributed by atoms with E-state index in [-0.39, 0.29) is 23.3 Å². The summed E-state index contributed by atoms with van der Waals surface area (Å²) in [5.41, 5.74) is -0.967. The van der Waals surface area contributed by atoms with E-state index in [1.807, 2.05) is 6.08 Å². The van der Waals surface area contributed by atoms with E-state index in [0.29, 0.717) is 12.8 Å². The van der Waals surface area contributed by atoms with E-state index in [4.69, 9.17) is 5.11 Å². The molecule has 7 heteroatoms. The third-order valence-electron chi connectivity index (χ3n) is 4.92. The fraction of sp³-hybridized carbons (Fsp3) is 0.591. The zero-order valence-corrected chi connectivity index (χ0v) is 18.7. The van der Waals surface area contributed by atoms with Gasteiger partial charge in [0.05, 0.1) is 0 Å². The topological polar surface area (TPSA) is 87.5 Å². The Morgan fingerprint density at radius 3 is 3.00 bits per heavy atom. The second-order valence-electron chi connectivity index (χ2n) is 7.53. The molecule has 3 unspecified atom stereocenters. The van der Waals surface area contributed by atoms with Gasteiger partial charge in [-0.1, -0.05) is 43.2 Å². The molecular weight excluding hydrogens is 406 g/mol. The Bertz CT molecular complexity index is 788. The SMILES string of the molecule is CCCCC#CC(C)(O)CC=CC1CCC(=O)C1CCSc1nc(C(=O)O)cs1. The summed E-state index contributed by atoms with van der Waals surface area (Å²) in [4.78, 5) is 27.2. The number of unbranched alkanes of at least 4 members (excludes halogenated alkanes) is 2. The van der Waals surface area contributed by atoms with E-state index < -0.39 is 11.6 Å². The van der Waals surface area contributed by atoms with Crippen LogP contribution in [-0.2, 0) is 4.79 Å². The number of carbonyl (C=O) groups excluding carboxylic acids is 1. The number of ketones is 1. The number of aromatic carboxylic acids is 1. The van der Waals surface area contributed by atoms with Gasteiger partial charge in [0.15, 0.2) is 10.0 Å². The van der Waals surface area contributed by atoms with E-state index >= 15 is 0 Å². The summed E-state index contributed by atoms with van der Waals surface area (Å²) in [7, 11) is 0. The fourth-order valence-electron chi connectivity index (χ4n) is 3.28. The molecule has 1 aromatic heterocycles. The minimum Gasteiger partial charge on any atom is -0.476 e. The van der Waals surface area contributed by atoms with Gasteiger partial charge >= 0.3 is 5.97 Å². The number of hydrogen-bond acceptors (Lipinski definition) is 6. The largest absolute Gasteiger partial charge is 0.476 e. The van der Waals surface area contributed by atoms with Crippen molar-refractivity contribution in [2.45, 2.75) is 68.7 Å². The van der Waals surface area contributed by atoms with E-state index in [2.05, 4.69) is 29.8 Å². The Balaban J connectivity index is 1.83. The molecule has 1 fully saturated rings. The molecule has 0 spiro atoms. The molecular formula is C22H29NO4S2. The zero-order valence-electron chi connectivity index (χ0n) is 17.0. The summed E-state index contributed by atoms with van der Waals surface area (Å²) < 4.78 is 0.720. The highest BCUT2D eigenvalue weighted by Gasteiger charge is 2.32. The average Bonchev–Trinajstić information content (AvgIpc) is 3.27. The maximum Gasteiger partial charge on any atom is 0.355 e. The minimum atomic E-state index is -1.04. The Morgan fingerprint density at radius 2 is 2.31 bits per heavy atom. The quantitative estimate of drug-likeness (QED) is 0.237. The number of carboxylic acids is 1. The van der Waals surface area contributed by atoms with Gasteiger partial charge in [0.2, 0.25) is 0 Å². The highest BCUT2D eigenvalue weighted by atomic mass is 32.2. The number of rotatable bonds is 10. The Hall–Kier alpha value is -1.62. The molecule has 0 aromatic carbocycles. The summed E-state index contributed by atoms with van der Waals surface area (Å²) in [5.74, 6) is 6.16. The van der Waals surface area contributed by atoms with Crippen LogP contribution < -0.4 is 0 Å². The molecule has 1 aliphatic rings. The van der Waals surface area contributed by atoms with Crippen molar-refractivity contribution < 1.29 is 19.8 Å². The number of Topliss-reactive ketones (excluding diaryl/α,β-unsaturated/α-hetero) is 1. The lowest BCUT2D eigenvalue weighted by atomic mass is 9.91. The van der Waals surface area contributed by atoms with Crippen molar-refractivity contribution in [1.29, 1.82) is 0 Å². The van der Waals surface area contributed by atoms with E-state index in [1.54, 1.807) is 6.92 Å². The van der Waals surface area contributed by atoms with Crippen molar-refractivity contribution in [3.8, 4) is 11.8 Å². The van der Waals surface area contributed by atoms with Crippen LogP contribution in [0.4, 0.5) is 0 Å². The lowest BCUT2D eigenvalue weighted by Crippen LogP contribution is -2.20. The van der Waals surface area contributed by atoms with Crippen molar-refractivity contribution in [2.24, 2.45) is 11.8 Å². The van der Waals surface area contributed by atoms with Crippen LogP contribution >= 0.6 is 23.1 Å². The number of thioether (sulfide) groups is 1. The van der Waals surface area contributed by atoms with Gasteiger partial charge in [0, 0.05) is 36.3 Å². The summed E-state index contributed by atoms with van der Waals surface area (Å²) in [6.45, 7) is 3.84.